The summed E-state index contributed by atoms with van der Waals surface area (Å²) in [5, 5.41) is 13.6. The molecule has 0 amide bonds. The zero-order valence-electron chi connectivity index (χ0n) is 11.8. The number of phenols is 1. The standard InChI is InChI=1S/C14H17FN2O3/c1-14(2,3)11(19-4)12-16-13(20-17-12)9-7-8(15)5-6-10(9)18/h5-7,11,18H,1-4H3. The lowest BCUT2D eigenvalue weighted by Gasteiger charge is -2.26. The largest absolute Gasteiger partial charge is 0.507 e. The molecule has 0 aliphatic carbocycles. The van der Waals surface area contributed by atoms with Gasteiger partial charge in [-0.3, -0.25) is 0 Å². The fraction of sp³-hybridized carbons (Fsp3) is 0.429. The van der Waals surface area contributed by atoms with Crippen molar-refractivity contribution in [2.75, 3.05) is 7.11 Å². The van der Waals surface area contributed by atoms with Gasteiger partial charge in [-0.25, -0.2) is 4.39 Å². The highest BCUT2D eigenvalue weighted by molar-refractivity contribution is 5.61. The lowest BCUT2D eigenvalue weighted by molar-refractivity contribution is 0.00718. The number of halogens is 1. The first-order valence-corrected chi connectivity index (χ1v) is 6.18. The molecule has 0 aliphatic rings. The molecule has 2 aromatic rings. The van der Waals surface area contributed by atoms with Gasteiger partial charge >= 0.3 is 0 Å². The Labute approximate surface area is 116 Å². The number of benzene rings is 1. The number of ether oxygens (including phenoxy) is 1. The lowest BCUT2D eigenvalue weighted by Crippen LogP contribution is -2.21. The summed E-state index contributed by atoms with van der Waals surface area (Å²) in [7, 11) is 1.56. The molecule has 1 aromatic carbocycles. The molecule has 0 radical (unpaired) electrons. The molecule has 1 heterocycles. The van der Waals surface area contributed by atoms with E-state index < -0.39 is 5.82 Å². The Balaban J connectivity index is 2.40. The Hall–Kier alpha value is -1.95. The van der Waals surface area contributed by atoms with Gasteiger partial charge in [0.2, 0.25) is 5.82 Å². The first-order valence-electron chi connectivity index (χ1n) is 6.18. The molecule has 0 fully saturated rings. The highest BCUT2D eigenvalue weighted by Crippen LogP contribution is 2.36. The highest BCUT2D eigenvalue weighted by Gasteiger charge is 2.31. The molecule has 1 N–H and O–H groups in total. The molecule has 0 spiro atoms. The predicted molar refractivity (Wildman–Crippen MR) is 70.6 cm³/mol. The lowest BCUT2D eigenvalue weighted by atomic mass is 9.88. The minimum Gasteiger partial charge on any atom is -0.507 e. The van der Waals surface area contributed by atoms with Crippen LogP contribution in [0.3, 0.4) is 0 Å². The van der Waals surface area contributed by atoms with E-state index in [4.69, 9.17) is 9.26 Å². The first-order chi connectivity index (χ1) is 9.32. The molecule has 1 atom stereocenters. The molecule has 6 heteroatoms. The van der Waals surface area contributed by atoms with Gasteiger partial charge in [0, 0.05) is 7.11 Å². The van der Waals surface area contributed by atoms with Crippen molar-refractivity contribution in [3.05, 3.63) is 29.8 Å². The second-order valence-electron chi connectivity index (χ2n) is 5.60. The van der Waals surface area contributed by atoms with Gasteiger partial charge in [0.05, 0.1) is 5.56 Å². The second-order valence-corrected chi connectivity index (χ2v) is 5.60. The zero-order chi connectivity index (χ0) is 14.9. The average molecular weight is 280 g/mol. The van der Waals surface area contributed by atoms with E-state index in [0.29, 0.717) is 5.82 Å². The SMILES string of the molecule is COC(c1noc(-c2cc(F)ccc2O)n1)C(C)(C)C. The number of methoxy groups -OCH3 is 1. The van der Waals surface area contributed by atoms with Crippen molar-refractivity contribution in [1.29, 1.82) is 0 Å². The Morgan fingerprint density at radius 3 is 2.65 bits per heavy atom. The molecule has 0 bridgehead atoms. The van der Waals surface area contributed by atoms with E-state index in [1.54, 1.807) is 7.11 Å². The van der Waals surface area contributed by atoms with Gasteiger partial charge in [-0.05, 0) is 23.6 Å². The first kappa shape index (κ1) is 14.5. The van der Waals surface area contributed by atoms with Crippen LogP contribution in [0.25, 0.3) is 11.5 Å². The van der Waals surface area contributed by atoms with Crippen LogP contribution in [0.2, 0.25) is 0 Å². The van der Waals surface area contributed by atoms with Crippen molar-refractivity contribution in [1.82, 2.24) is 10.1 Å². The minimum absolute atomic E-state index is 0.0586. The van der Waals surface area contributed by atoms with Gasteiger partial charge in [-0.15, -0.1) is 0 Å². The van der Waals surface area contributed by atoms with Gasteiger partial charge in [-0.2, -0.15) is 4.98 Å². The quantitative estimate of drug-likeness (QED) is 0.934. The third-order valence-electron chi connectivity index (χ3n) is 2.89. The van der Waals surface area contributed by atoms with Crippen LogP contribution in [-0.4, -0.2) is 22.4 Å². The molecule has 108 valence electrons. The van der Waals surface area contributed by atoms with Crippen LogP contribution in [0.4, 0.5) is 4.39 Å². The van der Waals surface area contributed by atoms with E-state index in [9.17, 15) is 9.50 Å². The molecule has 1 aromatic heterocycles. The summed E-state index contributed by atoms with van der Waals surface area (Å²) < 4.78 is 23.7. The third-order valence-corrected chi connectivity index (χ3v) is 2.89. The fourth-order valence-electron chi connectivity index (χ4n) is 1.98. The highest BCUT2D eigenvalue weighted by atomic mass is 19.1. The van der Waals surface area contributed by atoms with Crippen LogP contribution in [0.5, 0.6) is 5.75 Å². The van der Waals surface area contributed by atoms with Gasteiger partial charge < -0.3 is 14.4 Å². The summed E-state index contributed by atoms with van der Waals surface area (Å²) in [4.78, 5) is 4.19. The van der Waals surface area contributed by atoms with Crippen LogP contribution in [-0.2, 0) is 4.74 Å². The molecule has 1 unspecified atom stereocenters. The molecule has 20 heavy (non-hydrogen) atoms. The van der Waals surface area contributed by atoms with Crippen molar-refractivity contribution in [3.8, 4) is 17.2 Å². The van der Waals surface area contributed by atoms with Crippen molar-refractivity contribution in [2.45, 2.75) is 26.9 Å². The summed E-state index contributed by atoms with van der Waals surface area (Å²) in [5.41, 5.74) is -0.0626. The number of nitrogens with zero attached hydrogens (tertiary/aromatic N) is 2. The second kappa shape index (κ2) is 5.20. The number of rotatable bonds is 3. The summed E-state index contributed by atoms with van der Waals surface area (Å²) in [5.74, 6) is -0.190. The van der Waals surface area contributed by atoms with E-state index in [0.717, 1.165) is 12.1 Å². The van der Waals surface area contributed by atoms with Crippen molar-refractivity contribution in [3.63, 3.8) is 0 Å². The van der Waals surface area contributed by atoms with Gasteiger partial charge in [0.1, 0.15) is 17.7 Å². The molecule has 2 rings (SSSR count). The number of hydrogen-bond acceptors (Lipinski definition) is 5. The van der Waals surface area contributed by atoms with Crippen LogP contribution < -0.4 is 0 Å². The van der Waals surface area contributed by atoms with E-state index >= 15 is 0 Å². The molecule has 0 saturated heterocycles. The summed E-state index contributed by atoms with van der Waals surface area (Å²) in [6, 6.07) is 3.54. The Bertz CT molecular complexity index is 605. The van der Waals surface area contributed by atoms with Crippen molar-refractivity contribution < 1.29 is 18.8 Å². The van der Waals surface area contributed by atoms with Crippen LogP contribution >= 0.6 is 0 Å². The van der Waals surface area contributed by atoms with Gasteiger partial charge in [-0.1, -0.05) is 25.9 Å². The molecular formula is C14H17FN2O3. The van der Waals surface area contributed by atoms with E-state index in [-0.39, 0.29) is 28.7 Å². The minimum atomic E-state index is -0.489. The molecule has 5 nitrogen and oxygen atoms in total. The summed E-state index contributed by atoms with van der Waals surface area (Å²) in [6.07, 6.45) is -0.365. The topological polar surface area (TPSA) is 68.4 Å². The number of aromatic nitrogens is 2. The van der Waals surface area contributed by atoms with Gasteiger partial charge in [0.15, 0.2) is 0 Å². The maximum absolute atomic E-state index is 13.2. The smallest absolute Gasteiger partial charge is 0.261 e. The molecule has 0 saturated carbocycles. The number of hydrogen-bond donors (Lipinski definition) is 1. The Kier molecular flexibility index (Phi) is 3.76. The maximum Gasteiger partial charge on any atom is 0.261 e. The summed E-state index contributed by atoms with van der Waals surface area (Å²) >= 11 is 0. The third kappa shape index (κ3) is 2.80. The average Bonchev–Trinajstić information content (AvgIpc) is 2.80. The van der Waals surface area contributed by atoms with Gasteiger partial charge in [0.25, 0.3) is 5.89 Å². The normalized spacial score (nSPS) is 13.4. The zero-order valence-corrected chi connectivity index (χ0v) is 11.8. The van der Waals surface area contributed by atoms with Crippen molar-refractivity contribution in [2.24, 2.45) is 5.41 Å². The monoisotopic (exact) mass is 280 g/mol. The van der Waals surface area contributed by atoms with E-state index in [1.807, 2.05) is 20.8 Å². The van der Waals surface area contributed by atoms with Crippen LogP contribution in [0.1, 0.15) is 32.7 Å². The number of aromatic hydroxyl groups is 1. The number of phenolic OH excluding ortho intramolecular Hbond substituents is 1. The predicted octanol–water partition coefficient (Wildman–Crippen LogP) is 3.31. The molecular weight excluding hydrogens is 263 g/mol. The Morgan fingerprint density at radius 1 is 1.35 bits per heavy atom. The van der Waals surface area contributed by atoms with Crippen LogP contribution in [0.15, 0.2) is 22.7 Å². The molecule has 0 aliphatic heterocycles. The fourth-order valence-corrected chi connectivity index (χ4v) is 1.98. The van der Waals surface area contributed by atoms with Crippen molar-refractivity contribution >= 4 is 0 Å². The summed E-state index contributed by atoms with van der Waals surface area (Å²) in [6.45, 7) is 5.95. The Morgan fingerprint density at radius 2 is 2.05 bits per heavy atom. The van der Waals surface area contributed by atoms with E-state index in [1.165, 1.54) is 6.07 Å². The van der Waals surface area contributed by atoms with E-state index in [2.05, 4.69) is 10.1 Å². The van der Waals surface area contributed by atoms with Crippen LogP contribution in [0, 0.1) is 11.2 Å². The maximum atomic E-state index is 13.2.